The van der Waals surface area contributed by atoms with Gasteiger partial charge >= 0.3 is 0 Å². The number of H-pyrrole nitrogens is 1. The third-order valence-corrected chi connectivity index (χ3v) is 5.70. The molecule has 1 aliphatic heterocycles. The van der Waals surface area contributed by atoms with Crippen LogP contribution in [0.2, 0.25) is 0 Å². The first-order valence-electron chi connectivity index (χ1n) is 10.5. The lowest BCUT2D eigenvalue weighted by atomic mass is 9.90. The van der Waals surface area contributed by atoms with Crippen molar-refractivity contribution in [3.05, 3.63) is 77.6 Å². The van der Waals surface area contributed by atoms with Gasteiger partial charge in [-0.3, -0.25) is 9.89 Å². The highest BCUT2D eigenvalue weighted by molar-refractivity contribution is 5.94. The van der Waals surface area contributed by atoms with E-state index in [0.29, 0.717) is 18.1 Å². The Morgan fingerprint density at radius 3 is 2.90 bits per heavy atom. The Morgan fingerprint density at radius 2 is 2.07 bits per heavy atom. The summed E-state index contributed by atoms with van der Waals surface area (Å²) in [5.41, 5.74) is 10.3. The molecule has 1 atom stereocenters. The molecule has 2 aromatic carbocycles. The van der Waals surface area contributed by atoms with Crippen molar-refractivity contribution in [2.75, 3.05) is 26.2 Å². The highest BCUT2D eigenvalue weighted by Crippen LogP contribution is 2.33. The van der Waals surface area contributed by atoms with Crippen molar-refractivity contribution < 1.29 is 9.53 Å². The van der Waals surface area contributed by atoms with E-state index in [2.05, 4.69) is 27.2 Å². The highest BCUT2D eigenvalue weighted by Gasteiger charge is 2.25. The van der Waals surface area contributed by atoms with E-state index in [1.54, 1.807) is 6.07 Å². The molecule has 1 amide bonds. The van der Waals surface area contributed by atoms with Gasteiger partial charge in [-0.05, 0) is 42.6 Å². The van der Waals surface area contributed by atoms with E-state index in [-0.39, 0.29) is 0 Å². The second-order valence-electron chi connectivity index (χ2n) is 7.82. The van der Waals surface area contributed by atoms with Crippen LogP contribution in [-0.2, 0) is 11.3 Å². The summed E-state index contributed by atoms with van der Waals surface area (Å²) in [5, 5.41) is 7.51. The van der Waals surface area contributed by atoms with E-state index in [9.17, 15) is 4.79 Å². The van der Waals surface area contributed by atoms with Gasteiger partial charge in [0, 0.05) is 35.8 Å². The molecule has 0 aliphatic carbocycles. The number of nitrogens with zero attached hydrogens (tertiary/aromatic N) is 2. The molecule has 1 saturated heterocycles. The monoisotopic (exact) mass is 404 g/mol. The minimum absolute atomic E-state index is 0.377. The number of rotatable bonds is 8. The van der Waals surface area contributed by atoms with Crippen molar-refractivity contribution in [1.82, 2.24) is 15.1 Å². The largest absolute Gasteiger partial charge is 0.375 e. The fourth-order valence-corrected chi connectivity index (χ4v) is 4.13. The molecule has 1 aromatic heterocycles. The van der Waals surface area contributed by atoms with E-state index in [4.69, 9.17) is 10.5 Å². The molecule has 0 radical (unpaired) electrons. The van der Waals surface area contributed by atoms with Gasteiger partial charge in [0.1, 0.15) is 0 Å². The number of carbonyl (C=O) groups is 1. The molecule has 6 nitrogen and oxygen atoms in total. The molecular weight excluding hydrogens is 376 g/mol. The lowest BCUT2D eigenvalue weighted by molar-refractivity contribution is 0.0827. The molecule has 6 heteroatoms. The number of amides is 1. The lowest BCUT2D eigenvalue weighted by Crippen LogP contribution is -2.36. The standard InChI is InChI=1S/C24H28N4O2/c25-24(29)20-9-4-8-19(14-20)22-15-26-27-23(22)21-10-5-11-28(16-21)12-13-30-17-18-6-2-1-3-7-18/h1-4,6-9,14-15,21H,5,10-13,16-17H2,(H2,25,29)(H,26,27). The minimum atomic E-state index is -0.416. The molecular formula is C24H28N4O2. The molecule has 3 aromatic rings. The zero-order valence-electron chi connectivity index (χ0n) is 17.1. The molecule has 1 unspecified atom stereocenters. The average molecular weight is 405 g/mol. The predicted molar refractivity (Wildman–Crippen MR) is 117 cm³/mol. The molecule has 30 heavy (non-hydrogen) atoms. The van der Waals surface area contributed by atoms with Gasteiger partial charge in [0.15, 0.2) is 0 Å². The van der Waals surface area contributed by atoms with Crippen molar-refractivity contribution in [2.45, 2.75) is 25.4 Å². The number of hydrogen-bond acceptors (Lipinski definition) is 4. The normalized spacial score (nSPS) is 17.1. The Hall–Kier alpha value is -2.96. The van der Waals surface area contributed by atoms with Crippen LogP contribution < -0.4 is 5.73 Å². The Kier molecular flexibility index (Phi) is 6.57. The molecule has 3 N–H and O–H groups in total. The van der Waals surface area contributed by atoms with Crippen LogP contribution >= 0.6 is 0 Å². The topological polar surface area (TPSA) is 84.2 Å². The number of primary amides is 1. The molecule has 0 bridgehead atoms. The van der Waals surface area contributed by atoms with E-state index in [0.717, 1.165) is 55.9 Å². The van der Waals surface area contributed by atoms with Crippen LogP contribution in [0.4, 0.5) is 0 Å². The zero-order chi connectivity index (χ0) is 20.8. The number of benzene rings is 2. The third-order valence-electron chi connectivity index (χ3n) is 5.70. The molecule has 1 aliphatic rings. The SMILES string of the molecule is NC(=O)c1cccc(-c2cn[nH]c2C2CCCN(CCOCc3ccccc3)C2)c1. The summed E-state index contributed by atoms with van der Waals surface area (Å²) >= 11 is 0. The van der Waals surface area contributed by atoms with Crippen LogP contribution in [0.1, 0.15) is 40.4 Å². The highest BCUT2D eigenvalue weighted by atomic mass is 16.5. The van der Waals surface area contributed by atoms with E-state index >= 15 is 0 Å². The van der Waals surface area contributed by atoms with Crippen LogP contribution in [0.3, 0.4) is 0 Å². The van der Waals surface area contributed by atoms with Crippen molar-refractivity contribution in [3.8, 4) is 11.1 Å². The van der Waals surface area contributed by atoms with Gasteiger partial charge in [0.05, 0.1) is 19.4 Å². The molecule has 1 fully saturated rings. The second kappa shape index (κ2) is 9.69. The number of nitrogens with one attached hydrogen (secondary N) is 1. The van der Waals surface area contributed by atoms with Gasteiger partial charge in [-0.1, -0.05) is 42.5 Å². The quantitative estimate of drug-likeness (QED) is 0.562. The van der Waals surface area contributed by atoms with Crippen molar-refractivity contribution in [3.63, 3.8) is 0 Å². The fraction of sp³-hybridized carbons (Fsp3) is 0.333. The summed E-state index contributed by atoms with van der Waals surface area (Å²) in [5.74, 6) is -0.0381. The maximum atomic E-state index is 11.5. The van der Waals surface area contributed by atoms with Gasteiger partial charge in [0.2, 0.25) is 5.91 Å². The number of ether oxygens (including phenoxy) is 1. The molecule has 156 valence electrons. The van der Waals surface area contributed by atoms with Crippen molar-refractivity contribution in [2.24, 2.45) is 5.73 Å². The first-order chi connectivity index (χ1) is 14.7. The summed E-state index contributed by atoms with van der Waals surface area (Å²) in [6.45, 7) is 4.35. The summed E-state index contributed by atoms with van der Waals surface area (Å²) in [7, 11) is 0. The number of nitrogens with two attached hydrogens (primary N) is 1. The van der Waals surface area contributed by atoms with Crippen molar-refractivity contribution >= 4 is 5.91 Å². The number of aromatic nitrogens is 2. The molecule has 0 spiro atoms. The smallest absolute Gasteiger partial charge is 0.248 e. The van der Waals surface area contributed by atoms with Gasteiger partial charge in [-0.25, -0.2) is 0 Å². The third kappa shape index (κ3) is 4.96. The van der Waals surface area contributed by atoms with Crippen LogP contribution in [0.25, 0.3) is 11.1 Å². The number of piperidine rings is 1. The first kappa shape index (κ1) is 20.3. The summed E-state index contributed by atoms with van der Waals surface area (Å²) in [6, 6.07) is 17.7. The maximum Gasteiger partial charge on any atom is 0.248 e. The van der Waals surface area contributed by atoms with Crippen LogP contribution in [0.15, 0.2) is 60.8 Å². The molecule has 2 heterocycles. The van der Waals surface area contributed by atoms with Crippen LogP contribution in [0, 0.1) is 0 Å². The zero-order valence-corrected chi connectivity index (χ0v) is 17.1. The van der Waals surface area contributed by atoms with Gasteiger partial charge in [-0.2, -0.15) is 5.10 Å². The summed E-state index contributed by atoms with van der Waals surface area (Å²) < 4.78 is 5.87. The Bertz CT molecular complexity index is 970. The first-order valence-corrected chi connectivity index (χ1v) is 10.5. The Morgan fingerprint density at radius 1 is 1.20 bits per heavy atom. The molecule has 0 saturated carbocycles. The molecule has 4 rings (SSSR count). The van der Waals surface area contributed by atoms with Gasteiger partial charge < -0.3 is 15.4 Å². The number of aromatic amines is 1. The number of hydrogen-bond donors (Lipinski definition) is 2. The van der Waals surface area contributed by atoms with E-state index < -0.39 is 5.91 Å². The predicted octanol–water partition coefficient (Wildman–Crippen LogP) is 3.57. The summed E-state index contributed by atoms with van der Waals surface area (Å²) in [4.78, 5) is 14.0. The number of carbonyl (C=O) groups excluding carboxylic acids is 1. The fourth-order valence-electron chi connectivity index (χ4n) is 4.13. The Labute approximate surface area is 177 Å². The second-order valence-corrected chi connectivity index (χ2v) is 7.82. The Balaban J connectivity index is 1.36. The summed E-state index contributed by atoms with van der Waals surface area (Å²) in [6.07, 6.45) is 4.10. The number of likely N-dealkylation sites (tertiary alicyclic amines) is 1. The van der Waals surface area contributed by atoms with Crippen LogP contribution in [0.5, 0.6) is 0 Å². The van der Waals surface area contributed by atoms with E-state index in [1.807, 2.05) is 42.6 Å². The van der Waals surface area contributed by atoms with Gasteiger partial charge in [0.25, 0.3) is 0 Å². The van der Waals surface area contributed by atoms with E-state index in [1.165, 1.54) is 5.56 Å². The lowest BCUT2D eigenvalue weighted by Gasteiger charge is -2.32. The van der Waals surface area contributed by atoms with Crippen LogP contribution in [-0.4, -0.2) is 47.2 Å². The van der Waals surface area contributed by atoms with Gasteiger partial charge in [-0.15, -0.1) is 0 Å². The average Bonchev–Trinajstić information content (AvgIpc) is 3.28. The van der Waals surface area contributed by atoms with Crippen molar-refractivity contribution in [1.29, 1.82) is 0 Å². The maximum absolute atomic E-state index is 11.5. The minimum Gasteiger partial charge on any atom is -0.375 e.